The van der Waals surface area contributed by atoms with Gasteiger partial charge in [-0.05, 0) is 54.8 Å². The van der Waals surface area contributed by atoms with E-state index in [-0.39, 0.29) is 11.7 Å². The molecule has 1 heterocycles. The molecule has 1 aliphatic carbocycles. The molecule has 27 heavy (non-hydrogen) atoms. The highest BCUT2D eigenvalue weighted by atomic mass is 16.3. The van der Waals surface area contributed by atoms with Crippen molar-refractivity contribution in [1.82, 2.24) is 0 Å². The van der Waals surface area contributed by atoms with Crippen molar-refractivity contribution in [2.24, 2.45) is 0 Å². The Labute approximate surface area is 159 Å². The Hall–Kier alpha value is -3.33. The number of hydrogen-bond acceptors (Lipinski definition) is 3. The normalized spacial score (nSPS) is 18.8. The molecule has 0 amide bonds. The van der Waals surface area contributed by atoms with Gasteiger partial charge < -0.3 is 9.73 Å². The third-order valence-electron chi connectivity index (χ3n) is 4.89. The maximum Gasteiger partial charge on any atom is 0.184 e. The van der Waals surface area contributed by atoms with Crippen LogP contribution in [-0.2, 0) is 4.79 Å². The smallest absolute Gasteiger partial charge is 0.184 e. The predicted molar refractivity (Wildman–Crippen MR) is 108 cm³/mol. The van der Waals surface area contributed by atoms with E-state index in [0.717, 1.165) is 40.3 Å². The number of anilines is 1. The first-order valence-corrected chi connectivity index (χ1v) is 9.09. The van der Waals surface area contributed by atoms with Crippen molar-refractivity contribution in [1.29, 1.82) is 0 Å². The van der Waals surface area contributed by atoms with Crippen LogP contribution in [0, 0.1) is 0 Å². The molecule has 0 spiro atoms. The summed E-state index contributed by atoms with van der Waals surface area (Å²) in [6.45, 7) is 1.97. The van der Waals surface area contributed by atoms with Crippen molar-refractivity contribution in [2.45, 2.75) is 19.3 Å². The first-order valence-electron chi connectivity index (χ1n) is 9.09. The second-order valence-electron chi connectivity index (χ2n) is 6.71. The number of carbonyl (C=O) groups excluding carboxylic acids is 1. The summed E-state index contributed by atoms with van der Waals surface area (Å²) in [4.78, 5) is 13.1. The van der Waals surface area contributed by atoms with Crippen LogP contribution >= 0.6 is 0 Å². The van der Waals surface area contributed by atoms with Crippen LogP contribution < -0.4 is 5.32 Å². The second kappa shape index (κ2) is 7.50. The summed E-state index contributed by atoms with van der Waals surface area (Å²) < 4.78 is 5.54. The number of hydrogen-bond donors (Lipinski definition) is 1. The standard InChI is InChI=1S/C24H21NO2/c1-17(25-20-11-6-3-7-12-20)24-21(18-9-4-2-5-10-18)15-19(16-22(24)26)23-13-8-14-27-23/h2-14,16,21,25H,15H2,1H3/t21-/m0/s1. The zero-order chi connectivity index (χ0) is 18.6. The number of rotatable bonds is 4. The SMILES string of the molecule is CC(Nc1ccccc1)=C1C(=O)C=C(c2ccco2)C[C@H]1c1ccccc1. The van der Waals surface area contributed by atoms with Crippen molar-refractivity contribution < 1.29 is 9.21 Å². The topological polar surface area (TPSA) is 42.2 Å². The van der Waals surface area contributed by atoms with Crippen LogP contribution in [-0.4, -0.2) is 5.78 Å². The monoisotopic (exact) mass is 355 g/mol. The Balaban J connectivity index is 1.77. The summed E-state index contributed by atoms with van der Waals surface area (Å²) in [6, 6.07) is 23.9. The molecule has 3 nitrogen and oxygen atoms in total. The van der Waals surface area contributed by atoms with E-state index in [0.29, 0.717) is 0 Å². The van der Waals surface area contributed by atoms with E-state index in [1.165, 1.54) is 0 Å². The third-order valence-corrected chi connectivity index (χ3v) is 4.89. The van der Waals surface area contributed by atoms with Gasteiger partial charge in [-0.3, -0.25) is 4.79 Å². The van der Waals surface area contributed by atoms with Crippen LogP contribution in [0.15, 0.2) is 101 Å². The Morgan fingerprint density at radius 2 is 1.67 bits per heavy atom. The largest absolute Gasteiger partial charge is 0.465 e. The summed E-state index contributed by atoms with van der Waals surface area (Å²) in [7, 11) is 0. The number of ketones is 1. The Bertz CT molecular complexity index is 983. The molecule has 1 aliphatic rings. The molecule has 0 fully saturated rings. The number of para-hydroxylation sites is 1. The van der Waals surface area contributed by atoms with Gasteiger partial charge in [0.05, 0.1) is 6.26 Å². The van der Waals surface area contributed by atoms with Gasteiger partial charge in [-0.2, -0.15) is 0 Å². The predicted octanol–water partition coefficient (Wildman–Crippen LogP) is 5.81. The molecule has 0 aliphatic heterocycles. The van der Waals surface area contributed by atoms with Gasteiger partial charge in [0.2, 0.25) is 0 Å². The summed E-state index contributed by atoms with van der Waals surface area (Å²) in [5.41, 5.74) is 4.74. The highest BCUT2D eigenvalue weighted by Crippen LogP contribution is 2.40. The molecule has 2 aromatic carbocycles. The van der Waals surface area contributed by atoms with Crippen LogP contribution in [0.3, 0.4) is 0 Å². The maximum atomic E-state index is 13.1. The zero-order valence-electron chi connectivity index (χ0n) is 15.2. The minimum atomic E-state index is -0.0139. The molecule has 1 aromatic heterocycles. The average Bonchev–Trinajstić information content (AvgIpc) is 3.23. The van der Waals surface area contributed by atoms with Crippen LogP contribution in [0.4, 0.5) is 5.69 Å². The number of carbonyl (C=O) groups is 1. The van der Waals surface area contributed by atoms with Gasteiger partial charge >= 0.3 is 0 Å². The molecule has 4 rings (SSSR count). The van der Waals surface area contributed by atoms with Gasteiger partial charge in [0.15, 0.2) is 5.78 Å². The van der Waals surface area contributed by atoms with Crippen molar-refractivity contribution in [2.75, 3.05) is 5.32 Å². The Morgan fingerprint density at radius 1 is 0.963 bits per heavy atom. The Morgan fingerprint density at radius 3 is 2.33 bits per heavy atom. The first kappa shape index (κ1) is 17.1. The van der Waals surface area contributed by atoms with Gasteiger partial charge in [-0.25, -0.2) is 0 Å². The van der Waals surface area contributed by atoms with Crippen molar-refractivity contribution in [3.63, 3.8) is 0 Å². The minimum absolute atomic E-state index is 0.0139. The molecule has 0 bridgehead atoms. The van der Waals surface area contributed by atoms with Crippen LogP contribution in [0.1, 0.15) is 30.6 Å². The van der Waals surface area contributed by atoms with E-state index in [9.17, 15) is 4.79 Å². The molecule has 134 valence electrons. The lowest BCUT2D eigenvalue weighted by Crippen LogP contribution is -2.20. The summed E-state index contributed by atoms with van der Waals surface area (Å²) in [5.74, 6) is 0.777. The summed E-state index contributed by atoms with van der Waals surface area (Å²) >= 11 is 0. The van der Waals surface area contributed by atoms with Crippen molar-refractivity contribution in [3.8, 4) is 0 Å². The van der Waals surface area contributed by atoms with Crippen LogP contribution in [0.25, 0.3) is 5.57 Å². The van der Waals surface area contributed by atoms with E-state index in [4.69, 9.17) is 4.42 Å². The molecule has 3 heteroatoms. The van der Waals surface area contributed by atoms with E-state index >= 15 is 0 Å². The van der Waals surface area contributed by atoms with E-state index in [1.807, 2.05) is 67.6 Å². The molecule has 0 saturated heterocycles. The highest BCUT2D eigenvalue weighted by molar-refractivity contribution is 6.11. The lowest BCUT2D eigenvalue weighted by atomic mass is 9.77. The van der Waals surface area contributed by atoms with Gasteiger partial charge in [0, 0.05) is 22.9 Å². The lowest BCUT2D eigenvalue weighted by molar-refractivity contribution is -0.111. The highest BCUT2D eigenvalue weighted by Gasteiger charge is 2.30. The third kappa shape index (κ3) is 3.63. The minimum Gasteiger partial charge on any atom is -0.465 e. The molecule has 1 atom stereocenters. The number of benzene rings is 2. The Kier molecular flexibility index (Phi) is 4.75. The van der Waals surface area contributed by atoms with E-state index < -0.39 is 0 Å². The molecule has 0 unspecified atom stereocenters. The van der Waals surface area contributed by atoms with Gasteiger partial charge in [-0.1, -0.05) is 48.5 Å². The molecular weight excluding hydrogens is 334 g/mol. The molecule has 1 N–H and O–H groups in total. The van der Waals surface area contributed by atoms with E-state index in [2.05, 4.69) is 17.4 Å². The van der Waals surface area contributed by atoms with Gasteiger partial charge in [-0.15, -0.1) is 0 Å². The zero-order valence-corrected chi connectivity index (χ0v) is 15.2. The second-order valence-corrected chi connectivity index (χ2v) is 6.71. The molecule has 0 saturated carbocycles. The molecular formula is C24H21NO2. The van der Waals surface area contributed by atoms with Crippen molar-refractivity contribution >= 4 is 17.0 Å². The fourth-order valence-corrected chi connectivity index (χ4v) is 3.64. The molecule has 0 radical (unpaired) electrons. The van der Waals surface area contributed by atoms with Crippen LogP contribution in [0.5, 0.6) is 0 Å². The quantitative estimate of drug-likeness (QED) is 0.601. The van der Waals surface area contributed by atoms with E-state index in [1.54, 1.807) is 12.3 Å². The fraction of sp³-hybridized carbons (Fsp3) is 0.125. The number of nitrogens with one attached hydrogen (secondary N) is 1. The van der Waals surface area contributed by atoms with Gasteiger partial charge in [0.1, 0.15) is 5.76 Å². The maximum absolute atomic E-state index is 13.1. The number of furan rings is 1. The van der Waals surface area contributed by atoms with Crippen molar-refractivity contribution in [3.05, 3.63) is 108 Å². The lowest BCUT2D eigenvalue weighted by Gasteiger charge is -2.27. The first-order chi connectivity index (χ1) is 13.2. The summed E-state index contributed by atoms with van der Waals surface area (Å²) in [5, 5.41) is 3.40. The van der Waals surface area contributed by atoms with Gasteiger partial charge in [0.25, 0.3) is 0 Å². The van der Waals surface area contributed by atoms with Crippen LogP contribution in [0.2, 0.25) is 0 Å². The number of allylic oxidation sites excluding steroid dienone is 4. The summed E-state index contributed by atoms with van der Waals surface area (Å²) in [6.07, 6.45) is 4.09. The average molecular weight is 355 g/mol. The fourth-order valence-electron chi connectivity index (χ4n) is 3.64. The molecule has 3 aromatic rings.